The molecule has 0 amide bonds. The van der Waals surface area contributed by atoms with E-state index in [2.05, 4.69) is 187 Å². The van der Waals surface area contributed by atoms with Crippen LogP contribution in [0.4, 0.5) is 0 Å². The molecule has 0 atom stereocenters. The quantitative estimate of drug-likeness (QED) is 0.111. The normalized spacial score (nSPS) is 13.2. The molecule has 1 heterocycles. The lowest BCUT2D eigenvalue weighted by atomic mass is 9.82. The SMILES string of the molecule is C#C/C=C(\CC#CCCc1ccc(-c2ccc(C(/C=C\C)=C/C=C\C)cc2C)c(C)c1)c1ccccc1.Cc1ccc2c(c1)C(C)(C)c1ccc3c(oc4ccccc43)c1-2. The van der Waals surface area contributed by atoms with Crippen molar-refractivity contribution in [1.82, 2.24) is 0 Å². The first-order chi connectivity index (χ1) is 29.1. The number of fused-ring (bicyclic) bond motifs is 7. The maximum absolute atomic E-state index is 6.28. The van der Waals surface area contributed by atoms with E-state index in [1.165, 1.54) is 77.5 Å². The number of rotatable bonds is 8. The highest BCUT2D eigenvalue weighted by Gasteiger charge is 2.37. The Bertz CT molecular complexity index is 2920. The van der Waals surface area contributed by atoms with E-state index >= 15 is 0 Å². The van der Waals surface area contributed by atoms with Gasteiger partial charge in [-0.1, -0.05) is 177 Å². The van der Waals surface area contributed by atoms with E-state index in [9.17, 15) is 0 Å². The van der Waals surface area contributed by atoms with Crippen LogP contribution in [-0.2, 0) is 11.8 Å². The molecule has 6 aromatic carbocycles. The van der Waals surface area contributed by atoms with Crippen molar-refractivity contribution in [2.24, 2.45) is 0 Å². The van der Waals surface area contributed by atoms with E-state index in [1.807, 2.05) is 37.3 Å². The van der Waals surface area contributed by atoms with Crippen LogP contribution >= 0.6 is 0 Å². The van der Waals surface area contributed by atoms with Crippen molar-refractivity contribution in [3.05, 3.63) is 202 Å². The Morgan fingerprint density at radius 1 is 0.683 bits per heavy atom. The van der Waals surface area contributed by atoms with Gasteiger partial charge < -0.3 is 4.42 Å². The molecule has 8 rings (SSSR count). The van der Waals surface area contributed by atoms with Crippen molar-refractivity contribution in [3.8, 4) is 46.4 Å². The Morgan fingerprint density at radius 3 is 2.15 bits per heavy atom. The van der Waals surface area contributed by atoms with Gasteiger partial charge >= 0.3 is 0 Å². The predicted molar refractivity (Wildman–Crippen MR) is 259 cm³/mol. The minimum atomic E-state index is 0.0177. The Hall–Kier alpha value is -6.80. The molecule has 1 aromatic heterocycles. The number of benzene rings is 6. The smallest absolute Gasteiger partial charge is 0.143 e. The van der Waals surface area contributed by atoms with Gasteiger partial charge in [-0.05, 0) is 120 Å². The standard InChI is InChI=1S/C37H36.C22H18O/c1-6-9-19-33(17-8-3)35-24-26-37(30(5)28-35)36-25-23-31(27-29(36)4)18-12-10-13-20-32(16-7-2)34-21-14-11-15-22-34;1-13-8-9-16-18(12-13)22(2,3)17-11-10-15-14-6-4-5-7-19(14)23-21(15)20(16)17/h2,6,8-9,11,14-17,19,21-28H,12,18,20H2,1,3-5H3;4-12H,1-3H3/b9-6-,17-8-,32-16+,33-19+;. The Morgan fingerprint density at radius 2 is 1.42 bits per heavy atom. The van der Waals surface area contributed by atoms with Crippen molar-refractivity contribution in [1.29, 1.82) is 0 Å². The van der Waals surface area contributed by atoms with Crippen molar-refractivity contribution >= 4 is 33.1 Å². The molecule has 0 bridgehead atoms. The maximum atomic E-state index is 6.28. The highest BCUT2D eigenvalue weighted by molar-refractivity contribution is 6.11. The van der Waals surface area contributed by atoms with Crippen LogP contribution in [0.15, 0.2) is 162 Å². The number of para-hydroxylation sites is 1. The third-order valence-corrected chi connectivity index (χ3v) is 11.6. The third-order valence-electron chi connectivity index (χ3n) is 11.6. The second-order valence-corrected chi connectivity index (χ2v) is 16.2. The summed E-state index contributed by atoms with van der Waals surface area (Å²) in [5, 5.41) is 2.41. The Kier molecular flexibility index (Phi) is 12.7. The average Bonchev–Trinajstić information content (AvgIpc) is 3.74. The molecule has 0 N–H and O–H groups in total. The van der Waals surface area contributed by atoms with Gasteiger partial charge in [-0.2, -0.15) is 0 Å². The molecule has 0 unspecified atom stereocenters. The fourth-order valence-corrected chi connectivity index (χ4v) is 8.51. The van der Waals surface area contributed by atoms with Crippen LogP contribution in [0.3, 0.4) is 0 Å². The monoisotopic (exact) mass is 778 g/mol. The largest absolute Gasteiger partial charge is 0.455 e. The van der Waals surface area contributed by atoms with Crippen LogP contribution in [0, 0.1) is 45.0 Å². The van der Waals surface area contributed by atoms with E-state index in [0.717, 1.165) is 35.1 Å². The molecule has 296 valence electrons. The van der Waals surface area contributed by atoms with Gasteiger partial charge in [-0.3, -0.25) is 0 Å². The first-order valence-corrected chi connectivity index (χ1v) is 21.0. The zero-order chi connectivity index (χ0) is 42.2. The molecule has 0 saturated carbocycles. The molecule has 7 aromatic rings. The van der Waals surface area contributed by atoms with E-state index < -0.39 is 0 Å². The maximum Gasteiger partial charge on any atom is 0.143 e. The van der Waals surface area contributed by atoms with Crippen molar-refractivity contribution in [2.45, 2.75) is 73.1 Å². The molecule has 0 saturated heterocycles. The van der Waals surface area contributed by atoms with E-state index in [0.29, 0.717) is 6.42 Å². The molecule has 0 fully saturated rings. The number of terminal acetylenes is 1. The van der Waals surface area contributed by atoms with Crippen LogP contribution < -0.4 is 0 Å². The number of aryl methyl sites for hydroxylation is 4. The van der Waals surface area contributed by atoms with Crippen LogP contribution in [-0.4, -0.2) is 0 Å². The Balaban J connectivity index is 0.000000200. The van der Waals surface area contributed by atoms with Crippen LogP contribution in [0.1, 0.15) is 85.0 Å². The lowest BCUT2D eigenvalue weighted by Crippen LogP contribution is -2.14. The van der Waals surface area contributed by atoms with Crippen molar-refractivity contribution in [2.75, 3.05) is 0 Å². The minimum absolute atomic E-state index is 0.0177. The van der Waals surface area contributed by atoms with Crippen LogP contribution in [0.5, 0.6) is 0 Å². The van der Waals surface area contributed by atoms with Crippen molar-refractivity contribution < 1.29 is 4.42 Å². The number of furan rings is 1. The molecule has 0 spiro atoms. The molecular formula is C59H54O. The first kappa shape index (κ1) is 41.4. The summed E-state index contributed by atoms with van der Waals surface area (Å²) in [5.74, 6) is 9.29. The van der Waals surface area contributed by atoms with Crippen molar-refractivity contribution in [3.63, 3.8) is 0 Å². The molecule has 0 radical (unpaired) electrons. The highest BCUT2D eigenvalue weighted by atomic mass is 16.3. The van der Waals surface area contributed by atoms with Gasteiger partial charge in [0.25, 0.3) is 0 Å². The average molecular weight is 779 g/mol. The summed E-state index contributed by atoms with van der Waals surface area (Å²) in [6, 6.07) is 43.4. The summed E-state index contributed by atoms with van der Waals surface area (Å²) in [6.07, 6.45) is 20.3. The number of hydrogen-bond donors (Lipinski definition) is 0. The molecule has 0 aliphatic heterocycles. The minimum Gasteiger partial charge on any atom is -0.455 e. The van der Waals surface area contributed by atoms with Gasteiger partial charge in [-0.15, -0.1) is 12.3 Å². The van der Waals surface area contributed by atoms with Gasteiger partial charge in [0, 0.05) is 34.6 Å². The molecule has 1 heteroatoms. The summed E-state index contributed by atoms with van der Waals surface area (Å²) in [4.78, 5) is 0. The number of hydrogen-bond acceptors (Lipinski definition) is 1. The van der Waals surface area contributed by atoms with E-state index in [-0.39, 0.29) is 5.41 Å². The summed E-state index contributed by atoms with van der Waals surface area (Å²) < 4.78 is 6.28. The molecular weight excluding hydrogens is 725 g/mol. The highest BCUT2D eigenvalue weighted by Crippen LogP contribution is 2.52. The summed E-state index contributed by atoms with van der Waals surface area (Å²) in [7, 11) is 0. The van der Waals surface area contributed by atoms with Gasteiger partial charge in [0.05, 0.1) is 0 Å². The molecule has 1 aliphatic rings. The Labute approximate surface area is 357 Å². The fourth-order valence-electron chi connectivity index (χ4n) is 8.51. The van der Waals surface area contributed by atoms with E-state index in [4.69, 9.17) is 10.8 Å². The van der Waals surface area contributed by atoms with Gasteiger partial charge in [0.1, 0.15) is 11.2 Å². The second kappa shape index (κ2) is 18.4. The third kappa shape index (κ3) is 8.64. The first-order valence-electron chi connectivity index (χ1n) is 21.0. The lowest BCUT2D eigenvalue weighted by Gasteiger charge is -2.21. The fraction of sp³-hybridized carbons (Fsp3) is 0.186. The summed E-state index contributed by atoms with van der Waals surface area (Å²) in [5.41, 5.74) is 19.8. The second-order valence-electron chi connectivity index (χ2n) is 16.2. The topological polar surface area (TPSA) is 13.1 Å². The van der Waals surface area contributed by atoms with E-state index in [1.54, 1.807) is 0 Å². The zero-order valence-corrected chi connectivity index (χ0v) is 36.1. The van der Waals surface area contributed by atoms with Gasteiger partial charge in [0.2, 0.25) is 0 Å². The molecule has 1 aliphatic carbocycles. The molecule has 1 nitrogen and oxygen atoms in total. The van der Waals surface area contributed by atoms with Gasteiger partial charge in [-0.25, -0.2) is 0 Å². The van der Waals surface area contributed by atoms with Crippen LogP contribution in [0.2, 0.25) is 0 Å². The lowest BCUT2D eigenvalue weighted by molar-refractivity contribution is 0.653. The zero-order valence-electron chi connectivity index (χ0n) is 36.1. The predicted octanol–water partition coefficient (Wildman–Crippen LogP) is 15.7. The van der Waals surface area contributed by atoms with Gasteiger partial charge in [0.15, 0.2) is 0 Å². The summed E-state index contributed by atoms with van der Waals surface area (Å²) in [6.45, 7) is 15.3. The van der Waals surface area contributed by atoms with Crippen LogP contribution in [0.25, 0.3) is 55.3 Å². The number of allylic oxidation sites excluding steroid dienone is 8. The molecule has 60 heavy (non-hydrogen) atoms. The summed E-state index contributed by atoms with van der Waals surface area (Å²) >= 11 is 0.